The molecular weight excluding hydrogens is 250 g/mol. The van der Waals surface area contributed by atoms with E-state index in [2.05, 4.69) is 5.32 Å². The van der Waals surface area contributed by atoms with Crippen LogP contribution in [-0.2, 0) is 0 Å². The minimum Gasteiger partial charge on any atom is -0.315 e. The molecule has 1 saturated heterocycles. The summed E-state index contributed by atoms with van der Waals surface area (Å²) >= 11 is 0. The number of nitrogens with zero attached hydrogens (tertiary/aromatic N) is 1. The molecule has 0 saturated carbocycles. The van der Waals surface area contributed by atoms with Crippen LogP contribution < -0.4 is 5.32 Å². The molecule has 0 radical (unpaired) electrons. The molecule has 1 N–H and O–H groups in total. The van der Waals surface area contributed by atoms with Gasteiger partial charge in [0.25, 0.3) is 0 Å². The lowest BCUT2D eigenvalue weighted by molar-refractivity contribution is -0.171. The Hall–Kier alpha value is -0.500. The second kappa shape index (κ2) is 5.43. The first-order chi connectivity index (χ1) is 7.67. The van der Waals surface area contributed by atoms with Crippen LogP contribution in [0.2, 0.25) is 0 Å². The van der Waals surface area contributed by atoms with E-state index in [1.165, 1.54) is 0 Å². The third-order valence-electron chi connectivity index (χ3n) is 2.60. The zero-order chi connectivity index (χ0) is 13.1. The van der Waals surface area contributed by atoms with Gasteiger partial charge in [0, 0.05) is 19.1 Å². The first kappa shape index (κ1) is 14.6. The van der Waals surface area contributed by atoms with Crippen LogP contribution in [0.3, 0.4) is 0 Å². The van der Waals surface area contributed by atoms with Crippen molar-refractivity contribution in [2.24, 2.45) is 0 Å². The Morgan fingerprint density at radius 1 is 1.00 bits per heavy atom. The highest BCUT2D eigenvalue weighted by Crippen LogP contribution is 2.28. The van der Waals surface area contributed by atoms with Crippen LogP contribution in [0.1, 0.15) is 12.8 Å². The van der Waals surface area contributed by atoms with Crippen molar-refractivity contribution in [3.05, 3.63) is 0 Å². The largest absolute Gasteiger partial charge is 0.401 e. The van der Waals surface area contributed by atoms with E-state index in [4.69, 9.17) is 0 Å². The molecule has 1 fully saturated rings. The summed E-state index contributed by atoms with van der Waals surface area (Å²) in [6.07, 6.45) is -10.0. The first-order valence-corrected chi connectivity index (χ1v) is 5.26. The molecule has 8 heteroatoms. The highest BCUT2D eigenvalue weighted by atomic mass is 19.4. The zero-order valence-corrected chi connectivity index (χ0v) is 9.03. The molecule has 102 valence electrons. The Morgan fingerprint density at radius 2 is 1.65 bits per heavy atom. The molecule has 0 amide bonds. The summed E-state index contributed by atoms with van der Waals surface area (Å²) in [5, 5.41) is 2.80. The van der Waals surface area contributed by atoms with E-state index in [9.17, 15) is 26.3 Å². The van der Waals surface area contributed by atoms with Crippen molar-refractivity contribution >= 4 is 0 Å². The van der Waals surface area contributed by atoms with E-state index < -0.39 is 31.4 Å². The topological polar surface area (TPSA) is 15.3 Å². The lowest BCUT2D eigenvalue weighted by Gasteiger charge is -2.30. The molecule has 0 spiro atoms. The molecule has 0 bridgehead atoms. The fraction of sp³-hybridized carbons (Fsp3) is 1.00. The van der Waals surface area contributed by atoms with Gasteiger partial charge in [-0.05, 0) is 13.0 Å². The third kappa shape index (κ3) is 6.11. The lowest BCUT2D eigenvalue weighted by atomic mass is 10.1. The van der Waals surface area contributed by atoms with Gasteiger partial charge in [0.05, 0.1) is 13.0 Å². The fourth-order valence-corrected chi connectivity index (χ4v) is 1.92. The molecule has 0 aromatic carbocycles. The minimum absolute atomic E-state index is 0.0136. The van der Waals surface area contributed by atoms with Gasteiger partial charge in [0.1, 0.15) is 0 Å². The van der Waals surface area contributed by atoms with Crippen LogP contribution in [0.25, 0.3) is 0 Å². The quantitative estimate of drug-likeness (QED) is 0.769. The van der Waals surface area contributed by atoms with E-state index in [1.54, 1.807) is 0 Å². The Bertz CT molecular complexity index is 213. The zero-order valence-electron chi connectivity index (χ0n) is 9.03. The summed E-state index contributed by atoms with van der Waals surface area (Å²) in [5.74, 6) is 0. The predicted octanol–water partition coefficient (Wildman–Crippen LogP) is 2.17. The van der Waals surface area contributed by atoms with Crippen LogP contribution in [-0.4, -0.2) is 49.5 Å². The molecule has 0 aromatic heterocycles. The Labute approximate surface area is 95.0 Å². The summed E-state index contributed by atoms with van der Waals surface area (Å²) < 4.78 is 73.5. The van der Waals surface area contributed by atoms with Gasteiger partial charge < -0.3 is 5.32 Å². The molecule has 0 aromatic rings. The maximum Gasteiger partial charge on any atom is 0.401 e. The summed E-state index contributed by atoms with van der Waals surface area (Å²) in [4.78, 5) is 0.869. The molecule has 1 atom stereocenters. The van der Waals surface area contributed by atoms with E-state index in [1.807, 2.05) is 0 Å². The van der Waals surface area contributed by atoms with Gasteiger partial charge in [-0.2, -0.15) is 26.3 Å². The summed E-state index contributed by atoms with van der Waals surface area (Å²) in [6.45, 7) is -0.699. The predicted molar refractivity (Wildman–Crippen MR) is 49.6 cm³/mol. The Balaban J connectivity index is 2.66. The number of hydrogen-bond acceptors (Lipinski definition) is 2. The molecule has 1 aliphatic rings. The second-order valence-corrected chi connectivity index (χ2v) is 4.10. The van der Waals surface area contributed by atoms with Crippen molar-refractivity contribution in [1.29, 1.82) is 0 Å². The number of rotatable bonds is 2. The molecule has 2 nitrogen and oxygen atoms in total. The van der Waals surface area contributed by atoms with Crippen LogP contribution in [0.4, 0.5) is 26.3 Å². The average molecular weight is 264 g/mol. The first-order valence-electron chi connectivity index (χ1n) is 5.26. The van der Waals surface area contributed by atoms with Gasteiger partial charge >= 0.3 is 12.4 Å². The van der Waals surface area contributed by atoms with Gasteiger partial charge in [0.2, 0.25) is 0 Å². The van der Waals surface area contributed by atoms with E-state index in [0.29, 0.717) is 6.54 Å². The van der Waals surface area contributed by atoms with E-state index in [0.717, 1.165) is 4.90 Å². The molecule has 17 heavy (non-hydrogen) atoms. The normalized spacial score (nSPS) is 24.7. The SMILES string of the molecule is FC(F)(F)CC1CCNCCN1CC(F)(F)F. The lowest BCUT2D eigenvalue weighted by Crippen LogP contribution is -2.44. The van der Waals surface area contributed by atoms with Crippen molar-refractivity contribution < 1.29 is 26.3 Å². The van der Waals surface area contributed by atoms with Crippen LogP contribution in [0.15, 0.2) is 0 Å². The smallest absolute Gasteiger partial charge is 0.315 e. The average Bonchev–Trinajstić information content (AvgIpc) is 2.27. The number of alkyl halides is 6. The fourth-order valence-electron chi connectivity index (χ4n) is 1.92. The van der Waals surface area contributed by atoms with Gasteiger partial charge in [-0.1, -0.05) is 0 Å². The van der Waals surface area contributed by atoms with Crippen molar-refractivity contribution in [2.75, 3.05) is 26.2 Å². The van der Waals surface area contributed by atoms with Crippen molar-refractivity contribution in [3.8, 4) is 0 Å². The summed E-state index contributed by atoms with van der Waals surface area (Å²) in [5.41, 5.74) is 0. The van der Waals surface area contributed by atoms with E-state index in [-0.39, 0.29) is 19.5 Å². The highest BCUT2D eigenvalue weighted by Gasteiger charge is 2.39. The van der Waals surface area contributed by atoms with Crippen molar-refractivity contribution in [1.82, 2.24) is 10.2 Å². The molecule has 0 aliphatic carbocycles. The molecule has 1 heterocycles. The standard InChI is InChI=1S/C9H14F6N2/c10-8(11,12)5-7-1-2-16-3-4-17(7)6-9(13,14)15/h7,16H,1-6H2. The van der Waals surface area contributed by atoms with Gasteiger partial charge in [-0.25, -0.2) is 0 Å². The van der Waals surface area contributed by atoms with Gasteiger partial charge in [0.15, 0.2) is 0 Å². The number of halogens is 6. The van der Waals surface area contributed by atoms with Gasteiger partial charge in [-0.15, -0.1) is 0 Å². The summed E-state index contributed by atoms with van der Waals surface area (Å²) in [6, 6.07) is -1.09. The van der Waals surface area contributed by atoms with E-state index >= 15 is 0 Å². The van der Waals surface area contributed by atoms with Gasteiger partial charge in [-0.3, -0.25) is 4.90 Å². The minimum atomic E-state index is -4.46. The summed E-state index contributed by atoms with van der Waals surface area (Å²) in [7, 11) is 0. The van der Waals surface area contributed by atoms with Crippen LogP contribution >= 0.6 is 0 Å². The molecular formula is C9H14F6N2. The molecule has 1 unspecified atom stereocenters. The Kier molecular flexibility index (Phi) is 4.65. The Morgan fingerprint density at radius 3 is 2.18 bits per heavy atom. The van der Waals surface area contributed by atoms with Crippen LogP contribution in [0.5, 0.6) is 0 Å². The third-order valence-corrected chi connectivity index (χ3v) is 2.60. The van der Waals surface area contributed by atoms with Crippen LogP contribution in [0, 0.1) is 0 Å². The maximum absolute atomic E-state index is 12.3. The second-order valence-electron chi connectivity index (χ2n) is 4.10. The molecule has 1 rings (SSSR count). The molecule has 1 aliphatic heterocycles. The monoisotopic (exact) mass is 264 g/mol. The number of nitrogens with one attached hydrogen (secondary N) is 1. The van der Waals surface area contributed by atoms with Crippen molar-refractivity contribution in [3.63, 3.8) is 0 Å². The number of hydrogen-bond donors (Lipinski definition) is 1. The highest BCUT2D eigenvalue weighted by molar-refractivity contribution is 4.81. The van der Waals surface area contributed by atoms with Crippen molar-refractivity contribution in [2.45, 2.75) is 31.2 Å². The maximum atomic E-state index is 12.3.